The van der Waals surface area contributed by atoms with E-state index in [4.69, 9.17) is 9.84 Å². The third kappa shape index (κ3) is 4.21. The second-order valence-corrected chi connectivity index (χ2v) is 4.78. The lowest BCUT2D eigenvalue weighted by Crippen LogP contribution is -2.21. The fraction of sp³-hybridized carbons (Fsp3) is 0.571. The Morgan fingerprint density at radius 1 is 1.42 bits per heavy atom. The van der Waals surface area contributed by atoms with Crippen molar-refractivity contribution in [1.29, 1.82) is 0 Å². The highest BCUT2D eigenvalue weighted by atomic mass is 16.5. The average Bonchev–Trinajstić information content (AvgIpc) is 2.45. The lowest BCUT2D eigenvalue weighted by molar-refractivity contribution is 0.0347. The van der Waals surface area contributed by atoms with Crippen LogP contribution in [0.3, 0.4) is 0 Å². The molecule has 1 heterocycles. The zero-order valence-corrected chi connectivity index (χ0v) is 11.0. The van der Waals surface area contributed by atoms with E-state index in [1.165, 1.54) is 37.7 Å². The van der Waals surface area contributed by atoms with E-state index in [9.17, 15) is 4.79 Å². The van der Waals surface area contributed by atoms with Crippen LogP contribution in [0.2, 0.25) is 0 Å². The molecular formula is C14H20N2O3. The van der Waals surface area contributed by atoms with E-state index in [0.29, 0.717) is 24.9 Å². The van der Waals surface area contributed by atoms with Gasteiger partial charge < -0.3 is 15.2 Å². The molecule has 0 spiro atoms. The maximum Gasteiger partial charge on any atom is 0.337 e. The van der Waals surface area contributed by atoms with Gasteiger partial charge in [0, 0.05) is 12.7 Å². The standard InChI is InChI=1S/C14H20N2O3/c17-14(18)12-6-7-15-10-13(12)16-8-9-19-11-4-2-1-3-5-11/h6-7,10-11,16H,1-5,8-9H2,(H,17,18). The van der Waals surface area contributed by atoms with E-state index < -0.39 is 5.97 Å². The first-order valence-corrected chi connectivity index (χ1v) is 6.80. The van der Waals surface area contributed by atoms with E-state index in [1.807, 2.05) is 0 Å². The van der Waals surface area contributed by atoms with Gasteiger partial charge in [0.25, 0.3) is 0 Å². The number of aromatic nitrogens is 1. The first-order valence-electron chi connectivity index (χ1n) is 6.80. The van der Waals surface area contributed by atoms with Crippen molar-refractivity contribution in [2.75, 3.05) is 18.5 Å². The average molecular weight is 264 g/mol. The number of rotatable bonds is 6. The molecule has 0 saturated heterocycles. The number of carboxylic acid groups (broad SMARTS) is 1. The SMILES string of the molecule is O=C(O)c1ccncc1NCCOC1CCCCC1. The van der Waals surface area contributed by atoms with Crippen molar-refractivity contribution >= 4 is 11.7 Å². The number of hydrogen-bond acceptors (Lipinski definition) is 4. The van der Waals surface area contributed by atoms with Crippen LogP contribution in [0.15, 0.2) is 18.5 Å². The zero-order chi connectivity index (χ0) is 13.5. The van der Waals surface area contributed by atoms with Gasteiger partial charge in [-0.15, -0.1) is 0 Å². The van der Waals surface area contributed by atoms with Gasteiger partial charge in [-0.25, -0.2) is 4.79 Å². The molecule has 0 unspecified atom stereocenters. The van der Waals surface area contributed by atoms with Crippen molar-refractivity contribution < 1.29 is 14.6 Å². The molecule has 5 nitrogen and oxygen atoms in total. The molecule has 0 aliphatic heterocycles. The van der Waals surface area contributed by atoms with Gasteiger partial charge >= 0.3 is 5.97 Å². The second-order valence-electron chi connectivity index (χ2n) is 4.78. The molecule has 0 amide bonds. The number of aromatic carboxylic acids is 1. The Morgan fingerprint density at radius 3 is 2.95 bits per heavy atom. The van der Waals surface area contributed by atoms with Crippen molar-refractivity contribution in [2.45, 2.75) is 38.2 Å². The normalized spacial score (nSPS) is 16.2. The van der Waals surface area contributed by atoms with E-state index in [1.54, 1.807) is 0 Å². The molecule has 104 valence electrons. The highest BCUT2D eigenvalue weighted by Gasteiger charge is 2.13. The predicted octanol–water partition coefficient (Wildman–Crippen LogP) is 2.54. The Labute approximate surface area is 113 Å². The smallest absolute Gasteiger partial charge is 0.337 e. The number of hydrogen-bond donors (Lipinski definition) is 2. The van der Waals surface area contributed by atoms with Gasteiger partial charge in [0.05, 0.1) is 30.2 Å². The number of pyridine rings is 1. The molecule has 0 bridgehead atoms. The molecule has 1 aromatic heterocycles. The minimum absolute atomic E-state index is 0.243. The van der Waals surface area contributed by atoms with Gasteiger partial charge in [0.15, 0.2) is 0 Å². The van der Waals surface area contributed by atoms with Crippen molar-refractivity contribution in [3.8, 4) is 0 Å². The summed E-state index contributed by atoms with van der Waals surface area (Å²) in [4.78, 5) is 14.9. The topological polar surface area (TPSA) is 71.5 Å². The predicted molar refractivity (Wildman–Crippen MR) is 72.5 cm³/mol. The van der Waals surface area contributed by atoms with Crippen molar-refractivity contribution in [3.05, 3.63) is 24.0 Å². The lowest BCUT2D eigenvalue weighted by atomic mass is 9.98. The summed E-state index contributed by atoms with van der Waals surface area (Å²) in [7, 11) is 0. The Balaban J connectivity index is 1.74. The Morgan fingerprint density at radius 2 is 2.21 bits per heavy atom. The molecule has 0 aromatic carbocycles. The van der Waals surface area contributed by atoms with Crippen LogP contribution >= 0.6 is 0 Å². The van der Waals surface area contributed by atoms with E-state index in [2.05, 4.69) is 10.3 Å². The molecule has 2 N–H and O–H groups in total. The summed E-state index contributed by atoms with van der Waals surface area (Å²) < 4.78 is 5.77. The lowest BCUT2D eigenvalue weighted by Gasteiger charge is -2.22. The molecule has 1 aliphatic rings. The molecule has 1 saturated carbocycles. The fourth-order valence-corrected chi connectivity index (χ4v) is 2.36. The summed E-state index contributed by atoms with van der Waals surface area (Å²) in [5.41, 5.74) is 0.787. The highest BCUT2D eigenvalue weighted by Crippen LogP contribution is 2.20. The fourth-order valence-electron chi connectivity index (χ4n) is 2.36. The Kier molecular flexibility index (Phi) is 5.15. The third-order valence-corrected chi connectivity index (χ3v) is 3.37. The van der Waals surface area contributed by atoms with E-state index >= 15 is 0 Å². The zero-order valence-electron chi connectivity index (χ0n) is 11.0. The Bertz CT molecular complexity index is 417. The minimum atomic E-state index is -0.946. The van der Waals surface area contributed by atoms with Gasteiger partial charge in [0.2, 0.25) is 0 Å². The van der Waals surface area contributed by atoms with Crippen LogP contribution in [0.1, 0.15) is 42.5 Å². The molecule has 2 rings (SSSR count). The number of nitrogens with zero attached hydrogens (tertiary/aromatic N) is 1. The summed E-state index contributed by atoms with van der Waals surface area (Å²) in [6.45, 7) is 1.20. The Hall–Kier alpha value is -1.62. The third-order valence-electron chi connectivity index (χ3n) is 3.37. The van der Waals surface area contributed by atoms with Crippen molar-refractivity contribution in [2.24, 2.45) is 0 Å². The van der Waals surface area contributed by atoms with Gasteiger partial charge in [-0.2, -0.15) is 0 Å². The van der Waals surface area contributed by atoms with Gasteiger partial charge in [-0.1, -0.05) is 19.3 Å². The monoisotopic (exact) mass is 264 g/mol. The first-order chi connectivity index (χ1) is 9.27. The van der Waals surface area contributed by atoms with Crippen molar-refractivity contribution in [3.63, 3.8) is 0 Å². The van der Waals surface area contributed by atoms with Crippen LogP contribution in [-0.4, -0.2) is 35.3 Å². The summed E-state index contributed by atoms with van der Waals surface area (Å²) >= 11 is 0. The molecule has 1 aromatic rings. The summed E-state index contributed by atoms with van der Waals surface area (Å²) in [5.74, 6) is -0.946. The maximum atomic E-state index is 11.0. The molecule has 19 heavy (non-hydrogen) atoms. The van der Waals surface area contributed by atoms with Gasteiger partial charge in [-0.05, 0) is 18.9 Å². The summed E-state index contributed by atoms with van der Waals surface area (Å²) in [5, 5.41) is 12.1. The van der Waals surface area contributed by atoms with Crippen LogP contribution in [0.4, 0.5) is 5.69 Å². The highest BCUT2D eigenvalue weighted by molar-refractivity contribution is 5.93. The van der Waals surface area contributed by atoms with Crippen molar-refractivity contribution in [1.82, 2.24) is 4.98 Å². The molecule has 1 aliphatic carbocycles. The number of ether oxygens (including phenoxy) is 1. The molecule has 5 heteroatoms. The van der Waals surface area contributed by atoms with Crippen LogP contribution in [0.5, 0.6) is 0 Å². The number of carbonyl (C=O) groups is 1. The van der Waals surface area contributed by atoms with Gasteiger partial charge in [0.1, 0.15) is 0 Å². The number of carboxylic acids is 1. The summed E-state index contributed by atoms with van der Waals surface area (Å²) in [6.07, 6.45) is 9.50. The van der Waals surface area contributed by atoms with E-state index in [0.717, 1.165) is 12.8 Å². The minimum Gasteiger partial charge on any atom is -0.478 e. The molecule has 0 radical (unpaired) electrons. The number of nitrogens with one attached hydrogen (secondary N) is 1. The van der Waals surface area contributed by atoms with Crippen LogP contribution in [-0.2, 0) is 4.74 Å². The molecular weight excluding hydrogens is 244 g/mol. The molecule has 1 fully saturated rings. The van der Waals surface area contributed by atoms with Gasteiger partial charge in [-0.3, -0.25) is 4.98 Å². The summed E-state index contributed by atoms with van der Waals surface area (Å²) in [6, 6.07) is 1.49. The quantitative estimate of drug-likeness (QED) is 0.773. The first kappa shape index (κ1) is 13.8. The maximum absolute atomic E-state index is 11.0. The van der Waals surface area contributed by atoms with Crippen LogP contribution in [0.25, 0.3) is 0 Å². The largest absolute Gasteiger partial charge is 0.478 e. The van der Waals surface area contributed by atoms with E-state index in [-0.39, 0.29) is 5.56 Å². The van der Waals surface area contributed by atoms with Crippen LogP contribution in [0, 0.1) is 0 Å². The number of anilines is 1. The molecule has 0 atom stereocenters. The second kappa shape index (κ2) is 7.09. The van der Waals surface area contributed by atoms with Crippen LogP contribution < -0.4 is 5.32 Å².